The van der Waals surface area contributed by atoms with Gasteiger partial charge in [0.2, 0.25) is 0 Å². The van der Waals surface area contributed by atoms with Gasteiger partial charge in [-0.15, -0.1) is 0 Å². The number of carboxylic acid groups (broad SMARTS) is 1. The van der Waals surface area contributed by atoms with E-state index in [0.29, 0.717) is 19.0 Å². The van der Waals surface area contributed by atoms with Crippen molar-refractivity contribution in [3.05, 3.63) is 0 Å². The lowest BCUT2D eigenvalue weighted by molar-refractivity contribution is -0.138. The molecule has 0 aromatic carbocycles. The number of thioether (sulfide) groups is 1. The quantitative estimate of drug-likeness (QED) is 0.846. The third-order valence-corrected chi connectivity index (χ3v) is 4.65. The Morgan fingerprint density at radius 3 is 2.30 bits per heavy atom. The Morgan fingerprint density at radius 1 is 1.35 bits per heavy atom. The van der Waals surface area contributed by atoms with Crippen LogP contribution in [0.15, 0.2) is 0 Å². The number of hydrogen-bond donors (Lipinski definition) is 1. The minimum Gasteiger partial charge on any atom is -0.481 e. The number of rotatable bonds is 5. The molecule has 116 valence electrons. The summed E-state index contributed by atoms with van der Waals surface area (Å²) in [6.07, 6.45) is -0.271. The van der Waals surface area contributed by atoms with Crippen LogP contribution in [0.4, 0.5) is 4.79 Å². The van der Waals surface area contributed by atoms with Gasteiger partial charge in [0.1, 0.15) is 5.60 Å². The molecule has 1 N–H and O–H groups in total. The highest BCUT2D eigenvalue weighted by Gasteiger charge is 2.48. The van der Waals surface area contributed by atoms with Crippen molar-refractivity contribution in [1.82, 2.24) is 4.90 Å². The molecule has 5 nitrogen and oxygen atoms in total. The standard InChI is InChI=1S/C14H25NO4S/c1-10(2)7-20-14(6-11(16)17)8-15(9-14)12(18)19-13(3,4)5/h10H,6-9H2,1-5H3,(H,16,17). The molecule has 6 heteroatoms. The molecule has 1 rings (SSSR count). The van der Waals surface area contributed by atoms with Gasteiger partial charge in [-0.3, -0.25) is 4.79 Å². The van der Waals surface area contributed by atoms with E-state index in [1.807, 2.05) is 20.8 Å². The molecular formula is C14H25NO4S. The molecule has 1 aliphatic rings. The van der Waals surface area contributed by atoms with Gasteiger partial charge in [0.05, 0.1) is 11.2 Å². The molecule has 0 saturated carbocycles. The molecule has 0 radical (unpaired) electrons. The van der Waals surface area contributed by atoms with Gasteiger partial charge in [0.15, 0.2) is 0 Å². The normalized spacial score (nSPS) is 17.8. The lowest BCUT2D eigenvalue weighted by Crippen LogP contribution is -2.63. The summed E-state index contributed by atoms with van der Waals surface area (Å²) < 4.78 is 4.94. The zero-order chi connectivity index (χ0) is 15.6. The first-order chi connectivity index (χ1) is 9.03. The number of amides is 1. The Kier molecular flexibility index (Phi) is 5.35. The van der Waals surface area contributed by atoms with Crippen molar-refractivity contribution < 1.29 is 19.4 Å². The number of likely N-dealkylation sites (tertiary alicyclic amines) is 1. The number of aliphatic carboxylic acids is 1. The van der Waals surface area contributed by atoms with E-state index in [-0.39, 0.29) is 17.3 Å². The van der Waals surface area contributed by atoms with Crippen LogP contribution in [0.25, 0.3) is 0 Å². The van der Waals surface area contributed by atoms with E-state index in [9.17, 15) is 9.59 Å². The highest BCUT2D eigenvalue weighted by Crippen LogP contribution is 2.40. The highest BCUT2D eigenvalue weighted by molar-refractivity contribution is 8.00. The Morgan fingerprint density at radius 2 is 1.90 bits per heavy atom. The lowest BCUT2D eigenvalue weighted by Gasteiger charge is -2.49. The van der Waals surface area contributed by atoms with Crippen LogP contribution < -0.4 is 0 Å². The zero-order valence-electron chi connectivity index (χ0n) is 12.9. The fourth-order valence-corrected chi connectivity index (χ4v) is 3.38. The average molecular weight is 303 g/mol. The van der Waals surface area contributed by atoms with Crippen LogP contribution in [-0.4, -0.2) is 51.3 Å². The minimum absolute atomic E-state index is 0.0870. The van der Waals surface area contributed by atoms with Gasteiger partial charge in [-0.05, 0) is 32.4 Å². The van der Waals surface area contributed by atoms with Crippen LogP contribution >= 0.6 is 11.8 Å². The van der Waals surface area contributed by atoms with Crippen molar-refractivity contribution >= 4 is 23.8 Å². The first kappa shape index (κ1) is 17.1. The number of hydrogen-bond acceptors (Lipinski definition) is 4. The molecule has 0 bridgehead atoms. The molecule has 0 aromatic heterocycles. The first-order valence-electron chi connectivity index (χ1n) is 6.87. The van der Waals surface area contributed by atoms with Gasteiger partial charge in [-0.25, -0.2) is 4.79 Å². The molecule has 0 spiro atoms. The average Bonchev–Trinajstić information content (AvgIpc) is 2.17. The number of carbonyl (C=O) groups is 2. The van der Waals surface area contributed by atoms with Crippen molar-refractivity contribution in [2.24, 2.45) is 5.92 Å². The summed E-state index contributed by atoms with van der Waals surface area (Å²) >= 11 is 1.66. The van der Waals surface area contributed by atoms with Crippen LogP contribution in [0.3, 0.4) is 0 Å². The van der Waals surface area contributed by atoms with Gasteiger partial charge in [0.25, 0.3) is 0 Å². The van der Waals surface area contributed by atoms with Gasteiger partial charge in [0, 0.05) is 13.1 Å². The largest absolute Gasteiger partial charge is 0.481 e. The summed E-state index contributed by atoms with van der Waals surface area (Å²) in [5.74, 6) is 0.585. The fourth-order valence-electron chi connectivity index (χ4n) is 1.98. The summed E-state index contributed by atoms with van der Waals surface area (Å²) in [4.78, 5) is 24.5. The third-order valence-electron chi connectivity index (χ3n) is 2.81. The SMILES string of the molecule is CC(C)CSC1(CC(=O)O)CN(C(=O)OC(C)(C)C)C1. The molecule has 0 aliphatic carbocycles. The topological polar surface area (TPSA) is 66.8 Å². The van der Waals surface area contributed by atoms with Crippen molar-refractivity contribution in [2.75, 3.05) is 18.8 Å². The van der Waals surface area contributed by atoms with Crippen LogP contribution in [-0.2, 0) is 9.53 Å². The van der Waals surface area contributed by atoms with E-state index in [1.165, 1.54) is 0 Å². The van der Waals surface area contributed by atoms with Gasteiger partial charge >= 0.3 is 12.1 Å². The number of carboxylic acids is 1. The van der Waals surface area contributed by atoms with Crippen LogP contribution in [0.1, 0.15) is 41.0 Å². The molecule has 1 amide bonds. The predicted molar refractivity (Wildman–Crippen MR) is 80.1 cm³/mol. The van der Waals surface area contributed by atoms with Crippen molar-refractivity contribution in [1.29, 1.82) is 0 Å². The lowest BCUT2D eigenvalue weighted by atomic mass is 9.95. The molecule has 1 fully saturated rings. The Balaban J connectivity index is 2.56. The highest BCUT2D eigenvalue weighted by atomic mass is 32.2. The maximum atomic E-state index is 11.9. The van der Waals surface area contributed by atoms with Gasteiger partial charge < -0.3 is 14.7 Å². The van der Waals surface area contributed by atoms with Crippen molar-refractivity contribution in [3.8, 4) is 0 Å². The van der Waals surface area contributed by atoms with Crippen molar-refractivity contribution in [2.45, 2.75) is 51.4 Å². The third kappa shape index (κ3) is 5.23. The summed E-state index contributed by atoms with van der Waals surface area (Å²) in [7, 11) is 0. The van der Waals surface area contributed by atoms with Crippen molar-refractivity contribution in [3.63, 3.8) is 0 Å². The summed E-state index contributed by atoms with van der Waals surface area (Å²) in [5, 5.41) is 9.04. The summed E-state index contributed by atoms with van der Waals surface area (Å²) in [6.45, 7) is 10.6. The van der Waals surface area contributed by atoms with Crippen LogP contribution in [0, 0.1) is 5.92 Å². The van der Waals surface area contributed by atoms with E-state index in [1.54, 1.807) is 16.7 Å². The van der Waals surface area contributed by atoms with Crippen LogP contribution in [0.2, 0.25) is 0 Å². The monoisotopic (exact) mass is 303 g/mol. The van der Waals surface area contributed by atoms with E-state index in [0.717, 1.165) is 5.75 Å². The van der Waals surface area contributed by atoms with Gasteiger partial charge in [-0.2, -0.15) is 11.8 Å². The Hall–Kier alpha value is -0.910. The number of ether oxygens (including phenoxy) is 1. The summed E-state index contributed by atoms with van der Waals surface area (Å²) in [5.41, 5.74) is -0.521. The molecule has 1 aliphatic heterocycles. The molecule has 1 saturated heterocycles. The van der Waals surface area contributed by atoms with E-state index < -0.39 is 11.6 Å². The number of carbonyl (C=O) groups excluding carboxylic acids is 1. The Bertz CT molecular complexity index is 370. The smallest absolute Gasteiger partial charge is 0.410 e. The zero-order valence-corrected chi connectivity index (χ0v) is 13.7. The maximum Gasteiger partial charge on any atom is 0.410 e. The second-order valence-electron chi connectivity index (χ2n) is 6.79. The van der Waals surface area contributed by atoms with E-state index >= 15 is 0 Å². The Labute approximate surface area is 125 Å². The van der Waals surface area contributed by atoms with E-state index in [2.05, 4.69) is 13.8 Å². The van der Waals surface area contributed by atoms with Crippen LogP contribution in [0.5, 0.6) is 0 Å². The van der Waals surface area contributed by atoms with E-state index in [4.69, 9.17) is 9.84 Å². The molecule has 0 aromatic rings. The first-order valence-corrected chi connectivity index (χ1v) is 7.85. The minimum atomic E-state index is -0.815. The fraction of sp³-hybridized carbons (Fsp3) is 0.857. The second-order valence-corrected chi connectivity index (χ2v) is 8.28. The molecular weight excluding hydrogens is 278 g/mol. The predicted octanol–water partition coefficient (Wildman–Crippen LogP) is 2.84. The second kappa shape index (κ2) is 6.24. The number of nitrogens with zero attached hydrogens (tertiary/aromatic N) is 1. The summed E-state index contributed by atoms with van der Waals surface area (Å²) in [6, 6.07) is 0. The maximum absolute atomic E-state index is 11.9. The molecule has 0 unspecified atom stereocenters. The molecule has 0 atom stereocenters. The molecule has 1 heterocycles. The van der Waals surface area contributed by atoms with Gasteiger partial charge in [-0.1, -0.05) is 13.8 Å². The molecule has 20 heavy (non-hydrogen) atoms.